The summed E-state index contributed by atoms with van der Waals surface area (Å²) in [6.07, 6.45) is 1.46. The van der Waals surface area contributed by atoms with E-state index in [1.807, 2.05) is 13.0 Å². The van der Waals surface area contributed by atoms with Crippen LogP contribution in [0.5, 0.6) is 0 Å². The van der Waals surface area contributed by atoms with E-state index in [0.717, 1.165) is 14.8 Å². The zero-order valence-corrected chi connectivity index (χ0v) is 9.17. The molecule has 0 bridgehead atoms. The van der Waals surface area contributed by atoms with Gasteiger partial charge < -0.3 is 0 Å². The zero-order chi connectivity index (χ0) is 8.72. The Labute approximate surface area is 87.9 Å². The van der Waals surface area contributed by atoms with E-state index in [-0.39, 0.29) is 0 Å². The molecule has 3 nitrogen and oxygen atoms in total. The molecule has 2 rings (SSSR count). The molecule has 0 aliphatic rings. The van der Waals surface area contributed by atoms with Crippen molar-refractivity contribution in [3.05, 3.63) is 26.8 Å². The lowest BCUT2D eigenvalue weighted by atomic mass is 10.3. The quantitative estimate of drug-likeness (QED) is 0.698. The molecule has 0 amide bonds. The third-order valence-electron chi connectivity index (χ3n) is 1.66. The lowest BCUT2D eigenvalue weighted by Gasteiger charge is -1.95. The SMILES string of the molecule is Cc1cc(I)n2ncnc(Cl)c12. The minimum absolute atomic E-state index is 0.505. The van der Waals surface area contributed by atoms with Crippen LogP contribution >= 0.6 is 34.2 Å². The second kappa shape index (κ2) is 2.85. The highest BCUT2D eigenvalue weighted by Gasteiger charge is 2.07. The maximum Gasteiger partial charge on any atom is 0.156 e. The molecule has 0 saturated heterocycles. The minimum Gasteiger partial charge on any atom is -0.223 e. The van der Waals surface area contributed by atoms with Gasteiger partial charge in [-0.15, -0.1) is 0 Å². The van der Waals surface area contributed by atoms with E-state index in [1.54, 1.807) is 4.52 Å². The largest absolute Gasteiger partial charge is 0.223 e. The molecule has 2 aromatic heterocycles. The zero-order valence-electron chi connectivity index (χ0n) is 6.25. The third-order valence-corrected chi connectivity index (χ3v) is 2.70. The van der Waals surface area contributed by atoms with Crippen molar-refractivity contribution in [2.75, 3.05) is 0 Å². The van der Waals surface area contributed by atoms with Crippen molar-refractivity contribution in [2.24, 2.45) is 0 Å². The first kappa shape index (κ1) is 8.25. The summed E-state index contributed by atoms with van der Waals surface area (Å²) in [5, 5.41) is 4.58. The van der Waals surface area contributed by atoms with Crippen molar-refractivity contribution >= 4 is 39.7 Å². The van der Waals surface area contributed by atoms with Crippen LogP contribution in [-0.2, 0) is 0 Å². The molecular weight excluding hydrogens is 288 g/mol. The Bertz CT molecular complexity index is 437. The summed E-state index contributed by atoms with van der Waals surface area (Å²) in [6, 6.07) is 2.02. The molecular formula is C7H5ClIN3. The first-order valence-electron chi connectivity index (χ1n) is 3.34. The predicted octanol–water partition coefficient (Wildman–Crippen LogP) is 2.30. The number of aromatic nitrogens is 3. The molecule has 0 radical (unpaired) electrons. The monoisotopic (exact) mass is 293 g/mol. The van der Waals surface area contributed by atoms with Crippen LogP contribution in [0.1, 0.15) is 5.56 Å². The van der Waals surface area contributed by atoms with E-state index in [4.69, 9.17) is 11.6 Å². The molecule has 0 atom stereocenters. The topological polar surface area (TPSA) is 30.2 Å². The van der Waals surface area contributed by atoms with E-state index in [1.165, 1.54) is 6.33 Å². The maximum absolute atomic E-state index is 5.90. The summed E-state index contributed by atoms with van der Waals surface area (Å²) in [7, 11) is 0. The van der Waals surface area contributed by atoms with Crippen LogP contribution < -0.4 is 0 Å². The summed E-state index contributed by atoms with van der Waals surface area (Å²) in [5.74, 6) is 0. The second-order valence-electron chi connectivity index (χ2n) is 2.46. The highest BCUT2D eigenvalue weighted by atomic mass is 127. The summed E-state index contributed by atoms with van der Waals surface area (Å²) >= 11 is 8.11. The fourth-order valence-corrected chi connectivity index (χ4v) is 2.24. The van der Waals surface area contributed by atoms with E-state index in [9.17, 15) is 0 Å². The maximum atomic E-state index is 5.90. The number of hydrogen-bond acceptors (Lipinski definition) is 2. The smallest absolute Gasteiger partial charge is 0.156 e. The summed E-state index contributed by atoms with van der Waals surface area (Å²) in [4.78, 5) is 3.91. The van der Waals surface area contributed by atoms with E-state index in [0.29, 0.717) is 5.15 Å². The summed E-state index contributed by atoms with van der Waals surface area (Å²) in [5.41, 5.74) is 1.99. The Balaban J connectivity index is 2.99. The molecule has 12 heavy (non-hydrogen) atoms. The number of fused-ring (bicyclic) bond motifs is 1. The van der Waals surface area contributed by atoms with Gasteiger partial charge >= 0.3 is 0 Å². The van der Waals surface area contributed by atoms with E-state index < -0.39 is 0 Å². The first-order chi connectivity index (χ1) is 5.70. The predicted molar refractivity (Wildman–Crippen MR) is 55.5 cm³/mol. The van der Waals surface area contributed by atoms with Crippen LogP contribution in [0, 0.1) is 10.6 Å². The average molecular weight is 293 g/mol. The molecule has 0 aliphatic carbocycles. The van der Waals surface area contributed by atoms with Crippen LogP contribution in [0.2, 0.25) is 5.15 Å². The van der Waals surface area contributed by atoms with Crippen LogP contribution in [0.25, 0.3) is 5.52 Å². The van der Waals surface area contributed by atoms with Crippen molar-refractivity contribution < 1.29 is 0 Å². The first-order valence-corrected chi connectivity index (χ1v) is 4.80. The molecule has 0 aliphatic heterocycles. The summed E-state index contributed by atoms with van der Waals surface area (Å²) < 4.78 is 2.83. The van der Waals surface area contributed by atoms with Gasteiger partial charge in [0.1, 0.15) is 15.5 Å². The van der Waals surface area contributed by atoms with Gasteiger partial charge in [-0.05, 0) is 41.1 Å². The number of nitrogens with zero attached hydrogens (tertiary/aromatic N) is 3. The van der Waals surface area contributed by atoms with Gasteiger partial charge in [-0.3, -0.25) is 0 Å². The molecule has 0 N–H and O–H groups in total. The van der Waals surface area contributed by atoms with Crippen LogP contribution in [-0.4, -0.2) is 14.6 Å². The van der Waals surface area contributed by atoms with E-state index >= 15 is 0 Å². The van der Waals surface area contributed by atoms with Gasteiger partial charge in [0.25, 0.3) is 0 Å². The van der Waals surface area contributed by atoms with Crippen molar-refractivity contribution in [1.29, 1.82) is 0 Å². The molecule has 5 heteroatoms. The number of halogens is 2. The summed E-state index contributed by atoms with van der Waals surface area (Å²) in [6.45, 7) is 1.99. The lowest BCUT2D eigenvalue weighted by Crippen LogP contribution is -1.94. The fourth-order valence-electron chi connectivity index (χ4n) is 1.13. The molecule has 0 spiro atoms. The van der Waals surface area contributed by atoms with Crippen molar-refractivity contribution in [1.82, 2.24) is 14.6 Å². The Hall–Kier alpha value is -0.360. The Morgan fingerprint density at radius 2 is 2.33 bits per heavy atom. The molecule has 2 heterocycles. The Morgan fingerprint density at radius 1 is 1.58 bits per heavy atom. The Morgan fingerprint density at radius 3 is 3.00 bits per heavy atom. The third kappa shape index (κ3) is 1.09. The lowest BCUT2D eigenvalue weighted by molar-refractivity contribution is 0.882. The van der Waals surface area contributed by atoms with Gasteiger partial charge in [-0.1, -0.05) is 11.6 Å². The van der Waals surface area contributed by atoms with Gasteiger partial charge in [-0.25, -0.2) is 9.50 Å². The van der Waals surface area contributed by atoms with Crippen molar-refractivity contribution in [3.63, 3.8) is 0 Å². The van der Waals surface area contributed by atoms with E-state index in [2.05, 4.69) is 32.7 Å². The second-order valence-corrected chi connectivity index (χ2v) is 3.92. The van der Waals surface area contributed by atoms with Gasteiger partial charge in [0.15, 0.2) is 5.15 Å². The van der Waals surface area contributed by atoms with Gasteiger partial charge in [0, 0.05) is 0 Å². The highest BCUT2D eigenvalue weighted by Crippen LogP contribution is 2.21. The van der Waals surface area contributed by atoms with Crippen LogP contribution in [0.15, 0.2) is 12.4 Å². The standard InChI is InChI=1S/C7H5ClIN3/c1-4-2-5(9)12-6(4)7(8)10-3-11-12/h2-3H,1H3. The molecule has 0 aromatic carbocycles. The van der Waals surface area contributed by atoms with Gasteiger partial charge in [0.05, 0.1) is 0 Å². The normalized spacial score (nSPS) is 10.9. The molecule has 0 saturated carbocycles. The van der Waals surface area contributed by atoms with Gasteiger partial charge in [0.2, 0.25) is 0 Å². The number of rotatable bonds is 0. The van der Waals surface area contributed by atoms with Crippen LogP contribution in [0.3, 0.4) is 0 Å². The molecule has 2 aromatic rings. The van der Waals surface area contributed by atoms with Crippen LogP contribution in [0.4, 0.5) is 0 Å². The van der Waals surface area contributed by atoms with Gasteiger partial charge in [-0.2, -0.15) is 5.10 Å². The van der Waals surface area contributed by atoms with Crippen molar-refractivity contribution in [2.45, 2.75) is 6.92 Å². The number of hydrogen-bond donors (Lipinski definition) is 0. The fraction of sp³-hybridized carbons (Fsp3) is 0.143. The molecule has 0 unspecified atom stereocenters. The average Bonchev–Trinajstić information content (AvgIpc) is 2.29. The Kier molecular flexibility index (Phi) is 1.96. The highest BCUT2D eigenvalue weighted by molar-refractivity contribution is 14.1. The molecule has 62 valence electrons. The number of aryl methyl sites for hydroxylation is 1. The van der Waals surface area contributed by atoms with Crippen molar-refractivity contribution in [3.8, 4) is 0 Å². The molecule has 0 fully saturated rings. The minimum atomic E-state index is 0.505.